The minimum atomic E-state index is -2.15. The molecule has 6 heterocycles. The zero-order valence-corrected chi connectivity index (χ0v) is 36.5. The van der Waals surface area contributed by atoms with Crippen LogP contribution in [0.25, 0.3) is 0 Å². The molecule has 30 atom stereocenters. The summed E-state index contributed by atoms with van der Waals surface area (Å²) in [6, 6.07) is 0. The second kappa shape index (κ2) is 24.2. The Morgan fingerprint density at radius 1 is 0.279 bits per heavy atom. The van der Waals surface area contributed by atoms with Crippen LogP contribution < -0.4 is 0 Å². The summed E-state index contributed by atoms with van der Waals surface area (Å²) in [4.78, 5) is 0. The number of aliphatic hydroxyl groups excluding tert-OH is 18. The maximum atomic E-state index is 11.2. The van der Waals surface area contributed by atoms with Gasteiger partial charge in [0.1, 0.15) is 128 Å². The standard InChI is InChI=1S/C38H66O30/c1-9-10(3-39)58-34(22(51)16(9)45)64-29-12(5-41)60-36(24(53)18(29)47)66-31-14(7-43)62-38(26(55)20(31)49)68-32-15(8-44)63-37(27(56)21(32)50)67-30-13(6-42)61-35(25(54)19(30)48)65-28-11(4-40)59-33(57-2)23(52)17(28)46/h9-56H,3-8H2,1-2H3/t9-,10?,11?,12?,13?,14?,15?,16-,17+,18+,19+,20+,21+,22?,23?,24?,25?,26?,27?,28-,29-,30-,31-,32-,33+,34-,35-,36-,37-,38-/m0/s1. The highest BCUT2D eigenvalue weighted by molar-refractivity contribution is 5.00. The van der Waals surface area contributed by atoms with Crippen molar-refractivity contribution in [2.75, 3.05) is 46.8 Å². The molecule has 6 saturated heterocycles. The van der Waals surface area contributed by atoms with Crippen LogP contribution in [0.1, 0.15) is 6.92 Å². The summed E-state index contributed by atoms with van der Waals surface area (Å²) in [7, 11) is 1.17. The number of ether oxygens (including phenoxy) is 12. The molecule has 0 aliphatic carbocycles. The van der Waals surface area contributed by atoms with Gasteiger partial charge in [0.15, 0.2) is 37.7 Å². The predicted octanol–water partition coefficient (Wildman–Crippen LogP) is -12.2. The van der Waals surface area contributed by atoms with Crippen molar-refractivity contribution in [3.8, 4) is 0 Å². The van der Waals surface area contributed by atoms with E-state index < -0.39 is 224 Å². The molecule has 0 spiro atoms. The largest absolute Gasteiger partial charge is 0.394 e. The number of rotatable bonds is 17. The van der Waals surface area contributed by atoms with E-state index in [2.05, 4.69) is 0 Å². The van der Waals surface area contributed by atoms with Crippen LogP contribution in [-0.2, 0) is 56.8 Å². The van der Waals surface area contributed by atoms with Crippen molar-refractivity contribution in [1.29, 1.82) is 0 Å². The zero-order valence-electron chi connectivity index (χ0n) is 36.5. The lowest BCUT2D eigenvalue weighted by molar-refractivity contribution is -0.395. The normalized spacial score (nSPS) is 52.8. The van der Waals surface area contributed by atoms with Crippen molar-refractivity contribution in [3.63, 3.8) is 0 Å². The van der Waals surface area contributed by atoms with Crippen molar-refractivity contribution in [1.82, 2.24) is 0 Å². The van der Waals surface area contributed by atoms with Gasteiger partial charge in [-0.3, -0.25) is 0 Å². The average Bonchev–Trinajstić information content (AvgIpc) is 3.33. The molecule has 68 heavy (non-hydrogen) atoms. The minimum absolute atomic E-state index is 0.577. The molecule has 30 heteroatoms. The van der Waals surface area contributed by atoms with E-state index in [4.69, 9.17) is 56.8 Å². The first-order chi connectivity index (χ1) is 32.3. The van der Waals surface area contributed by atoms with Gasteiger partial charge in [-0.1, -0.05) is 6.92 Å². The smallest absolute Gasteiger partial charge is 0.187 e. The molecule has 6 aliphatic rings. The molecule has 30 nitrogen and oxygen atoms in total. The highest BCUT2D eigenvalue weighted by atomic mass is 16.8. The first kappa shape index (κ1) is 56.1. The second-order valence-corrected chi connectivity index (χ2v) is 17.3. The fourth-order valence-electron chi connectivity index (χ4n) is 8.91. The lowest BCUT2D eigenvalue weighted by Crippen LogP contribution is -2.68. The molecular formula is C38H66O30. The van der Waals surface area contributed by atoms with E-state index in [1.807, 2.05) is 0 Å². The van der Waals surface area contributed by atoms with E-state index in [0.717, 1.165) is 0 Å². The monoisotopic (exact) mass is 1000 g/mol. The Labute approximate surface area is 386 Å². The fraction of sp³-hybridized carbons (Fsp3) is 1.00. The molecule has 0 saturated carbocycles. The second-order valence-electron chi connectivity index (χ2n) is 17.3. The van der Waals surface area contributed by atoms with Crippen molar-refractivity contribution in [2.45, 2.75) is 185 Å². The maximum Gasteiger partial charge on any atom is 0.187 e. The van der Waals surface area contributed by atoms with Crippen molar-refractivity contribution in [3.05, 3.63) is 0 Å². The van der Waals surface area contributed by atoms with Gasteiger partial charge in [0.05, 0.1) is 51.8 Å². The van der Waals surface area contributed by atoms with Crippen LogP contribution in [0.2, 0.25) is 0 Å². The summed E-state index contributed by atoms with van der Waals surface area (Å²) in [5, 5.41) is 191. The van der Waals surface area contributed by atoms with Crippen molar-refractivity contribution in [2.24, 2.45) is 5.92 Å². The van der Waals surface area contributed by atoms with Gasteiger partial charge in [-0.05, 0) is 0 Å². The number of methoxy groups -OCH3 is 1. The molecule has 0 aromatic rings. The summed E-state index contributed by atoms with van der Waals surface area (Å²) in [5.74, 6) is -0.735. The summed E-state index contributed by atoms with van der Waals surface area (Å²) in [5.41, 5.74) is 0. The van der Waals surface area contributed by atoms with Gasteiger partial charge in [-0.2, -0.15) is 0 Å². The Morgan fingerprint density at radius 2 is 0.471 bits per heavy atom. The average molecular weight is 1000 g/mol. The van der Waals surface area contributed by atoms with Gasteiger partial charge in [0.25, 0.3) is 0 Å². The Bertz CT molecular complexity index is 1510. The topological polar surface area (TPSA) is 475 Å². The lowest BCUT2D eigenvalue weighted by atomic mass is 9.91. The molecule has 0 amide bonds. The van der Waals surface area contributed by atoms with Gasteiger partial charge in [0.2, 0.25) is 0 Å². The molecule has 12 unspecified atom stereocenters. The van der Waals surface area contributed by atoms with E-state index in [9.17, 15) is 91.9 Å². The first-order valence-electron chi connectivity index (χ1n) is 21.9. The molecule has 0 radical (unpaired) electrons. The van der Waals surface area contributed by atoms with Crippen LogP contribution in [0.15, 0.2) is 0 Å². The third-order valence-corrected chi connectivity index (χ3v) is 13.0. The maximum absolute atomic E-state index is 11.2. The molecule has 18 N–H and O–H groups in total. The lowest BCUT2D eigenvalue weighted by Gasteiger charge is -2.50. The van der Waals surface area contributed by atoms with E-state index in [1.165, 1.54) is 14.0 Å². The van der Waals surface area contributed by atoms with Gasteiger partial charge in [-0.25, -0.2) is 0 Å². The predicted molar refractivity (Wildman–Crippen MR) is 207 cm³/mol. The number of hydrogen-bond donors (Lipinski definition) is 18. The third kappa shape index (κ3) is 11.3. The van der Waals surface area contributed by atoms with E-state index in [-0.39, 0.29) is 0 Å². The number of aliphatic hydroxyl groups is 18. The molecule has 6 rings (SSSR count). The van der Waals surface area contributed by atoms with Crippen LogP contribution in [0.3, 0.4) is 0 Å². The summed E-state index contributed by atoms with van der Waals surface area (Å²) >= 11 is 0. The quantitative estimate of drug-likeness (QED) is 0.0643. The molecule has 0 aromatic heterocycles. The van der Waals surface area contributed by atoms with E-state index in [1.54, 1.807) is 0 Å². The van der Waals surface area contributed by atoms with Gasteiger partial charge in [0, 0.05) is 13.0 Å². The Balaban J connectivity index is 1.07. The first-order valence-corrected chi connectivity index (χ1v) is 21.9. The molecular weight excluding hydrogens is 936 g/mol. The highest BCUT2D eigenvalue weighted by Gasteiger charge is 2.57. The van der Waals surface area contributed by atoms with Crippen LogP contribution >= 0.6 is 0 Å². The van der Waals surface area contributed by atoms with Crippen LogP contribution in [-0.4, -0.2) is 317 Å². The summed E-state index contributed by atoms with van der Waals surface area (Å²) < 4.78 is 66.6. The molecule has 398 valence electrons. The van der Waals surface area contributed by atoms with Crippen molar-refractivity contribution >= 4 is 0 Å². The van der Waals surface area contributed by atoms with E-state index in [0.29, 0.717) is 0 Å². The number of hydrogen-bond acceptors (Lipinski definition) is 30. The SMILES string of the molecule is CO[C@@H]1OC(CO)[C@H](O[C@@H]2OC(CO)[C@H](O[C@@H]3OC(CO)[C@H](O[C@@H]4OC(CO)[C@H](O[C@@H]5OC(CO)[C@H](O[C@@H]6OC(CO)[C@H](C)[C@H](O)C6O)[C@H](O)C5O)[C@H](O)C4O)[C@H](O)C3O)[C@H](O)C2O)[C@H](O)C1O. The van der Waals surface area contributed by atoms with Gasteiger partial charge in [-0.15, -0.1) is 0 Å². The van der Waals surface area contributed by atoms with Crippen molar-refractivity contribution < 1.29 is 149 Å². The van der Waals surface area contributed by atoms with Gasteiger partial charge >= 0.3 is 0 Å². The highest BCUT2D eigenvalue weighted by Crippen LogP contribution is 2.37. The Kier molecular flexibility index (Phi) is 20.0. The molecule has 0 bridgehead atoms. The van der Waals surface area contributed by atoms with Gasteiger partial charge < -0.3 is 149 Å². The Hall–Kier alpha value is -1.20. The molecule has 6 aliphatic heterocycles. The fourth-order valence-corrected chi connectivity index (χ4v) is 8.91. The van der Waals surface area contributed by atoms with Crippen LogP contribution in [0.4, 0.5) is 0 Å². The van der Waals surface area contributed by atoms with E-state index >= 15 is 0 Å². The molecule has 0 aromatic carbocycles. The zero-order chi connectivity index (χ0) is 50.0. The summed E-state index contributed by atoms with van der Waals surface area (Å²) in [6.45, 7) is -3.70. The van der Waals surface area contributed by atoms with Crippen LogP contribution in [0, 0.1) is 5.92 Å². The molecule has 6 fully saturated rings. The summed E-state index contributed by atoms with van der Waals surface area (Å²) in [6.07, 6.45) is -51.5. The Morgan fingerprint density at radius 3 is 0.691 bits per heavy atom. The third-order valence-electron chi connectivity index (χ3n) is 13.0. The minimum Gasteiger partial charge on any atom is -0.394 e. The van der Waals surface area contributed by atoms with Crippen LogP contribution in [0.5, 0.6) is 0 Å².